The average Bonchev–Trinajstić information content (AvgIpc) is 2.18. The molecule has 0 spiro atoms. The number of anilines is 1. The first-order chi connectivity index (χ1) is 6.99. The molecule has 2 nitrogen and oxygen atoms in total. The molecule has 7 heteroatoms. The molecule has 0 fully saturated rings. The number of rotatable bonds is 3. The molecular weight excluding hydrogens is 221 g/mol. The molecule has 0 aromatic heterocycles. The number of nitrogens with zero attached hydrogens (tertiary/aromatic N) is 1. The number of hydrogen-bond acceptors (Lipinski definition) is 2. The van der Waals surface area contributed by atoms with Gasteiger partial charge in [0.15, 0.2) is 17.4 Å². The minimum Gasteiger partial charge on any atom is -0.488 e. The van der Waals surface area contributed by atoms with Gasteiger partial charge in [-0.3, -0.25) is 0 Å². The molecule has 0 bridgehead atoms. The molecule has 0 aliphatic rings. The summed E-state index contributed by atoms with van der Waals surface area (Å²) in [5.41, 5.74) is -1.48. The third kappa shape index (κ3) is 2.11. The van der Waals surface area contributed by atoms with Gasteiger partial charge in [-0.1, -0.05) is 8.96 Å². The van der Waals surface area contributed by atoms with Crippen LogP contribution in [-0.2, 0) is 0 Å². The monoisotopic (exact) mass is 227 g/mol. The van der Waals surface area contributed by atoms with Crippen molar-refractivity contribution >= 4 is 5.69 Å². The Balaban J connectivity index is 3.31. The maximum Gasteiger partial charge on any atom is 0.206 e. The number of hydrogen-bond donors (Lipinski definition) is 0. The van der Waals surface area contributed by atoms with Crippen LogP contribution < -0.4 is 10.1 Å². The van der Waals surface area contributed by atoms with Crippen molar-refractivity contribution in [3.05, 3.63) is 23.5 Å². The fraction of sp³-hybridized carbons (Fsp3) is 0.250. The molecule has 0 aliphatic carbocycles. The molecule has 0 unspecified atom stereocenters. The van der Waals surface area contributed by atoms with Crippen LogP contribution in [-0.4, -0.2) is 6.61 Å². The number of ether oxygens (including phenoxy) is 1. The predicted molar refractivity (Wildman–Crippen MR) is 42.2 cm³/mol. The van der Waals surface area contributed by atoms with E-state index in [9.17, 15) is 22.1 Å². The molecule has 1 rings (SSSR count). The molecule has 1 aromatic rings. The summed E-state index contributed by atoms with van der Waals surface area (Å²) in [5.74, 6) is -6.01. The van der Waals surface area contributed by atoms with Crippen molar-refractivity contribution in [3.8, 4) is 5.75 Å². The zero-order chi connectivity index (χ0) is 11.6. The van der Waals surface area contributed by atoms with E-state index in [0.29, 0.717) is 0 Å². The van der Waals surface area contributed by atoms with Gasteiger partial charge in [-0.2, -0.15) is 4.39 Å². The summed E-state index contributed by atoms with van der Waals surface area (Å²) >= 11 is 0. The van der Waals surface area contributed by atoms with Gasteiger partial charge in [-0.05, 0) is 12.3 Å². The average molecular weight is 227 g/mol. The van der Waals surface area contributed by atoms with Gasteiger partial charge in [0.2, 0.25) is 5.82 Å². The van der Waals surface area contributed by atoms with Crippen molar-refractivity contribution in [1.29, 1.82) is 0 Å². The van der Waals surface area contributed by atoms with Crippen LogP contribution in [0.1, 0.15) is 6.92 Å². The Morgan fingerprint density at radius 2 is 1.80 bits per heavy atom. The SMILES string of the molecule is CCOc1c(F)cc(N(F)F)c(F)c1F. The van der Waals surface area contributed by atoms with E-state index in [-0.39, 0.29) is 12.7 Å². The molecule has 1 aromatic carbocycles. The van der Waals surface area contributed by atoms with E-state index in [1.807, 2.05) is 0 Å². The topological polar surface area (TPSA) is 12.5 Å². The van der Waals surface area contributed by atoms with E-state index in [1.54, 1.807) is 0 Å². The lowest BCUT2D eigenvalue weighted by molar-refractivity contribution is 0.226. The minimum absolute atomic E-state index is 0.110. The van der Waals surface area contributed by atoms with Crippen molar-refractivity contribution < 1.29 is 26.9 Å². The highest BCUT2D eigenvalue weighted by Crippen LogP contribution is 2.31. The first-order valence-corrected chi connectivity index (χ1v) is 3.91. The fourth-order valence-electron chi connectivity index (χ4n) is 0.966. The Bertz CT molecular complexity index is 369. The minimum atomic E-state index is -1.86. The molecule has 0 atom stereocenters. The summed E-state index contributed by atoms with van der Waals surface area (Å²) in [6.45, 7) is 1.31. The predicted octanol–water partition coefficient (Wildman–Crippen LogP) is 3.08. The van der Waals surface area contributed by atoms with E-state index in [2.05, 4.69) is 4.74 Å². The smallest absolute Gasteiger partial charge is 0.206 e. The van der Waals surface area contributed by atoms with Gasteiger partial charge in [-0.25, -0.2) is 8.78 Å². The Labute approximate surface area is 81.7 Å². The Morgan fingerprint density at radius 3 is 2.27 bits per heavy atom. The summed E-state index contributed by atoms with van der Waals surface area (Å²) < 4.78 is 67.1. The fourth-order valence-corrected chi connectivity index (χ4v) is 0.966. The van der Waals surface area contributed by atoms with Crippen LogP contribution >= 0.6 is 0 Å². The zero-order valence-electron chi connectivity index (χ0n) is 7.53. The lowest BCUT2D eigenvalue weighted by Crippen LogP contribution is -2.06. The van der Waals surface area contributed by atoms with Gasteiger partial charge in [0.25, 0.3) is 0 Å². The van der Waals surface area contributed by atoms with Gasteiger partial charge >= 0.3 is 0 Å². The molecule has 0 saturated heterocycles. The molecule has 0 N–H and O–H groups in total. The first kappa shape index (κ1) is 11.5. The van der Waals surface area contributed by atoms with Crippen LogP contribution in [0.25, 0.3) is 0 Å². The molecular formula is C8H6F5NO. The Morgan fingerprint density at radius 1 is 1.20 bits per heavy atom. The van der Waals surface area contributed by atoms with Gasteiger partial charge < -0.3 is 4.74 Å². The molecule has 0 saturated carbocycles. The summed E-state index contributed by atoms with van der Waals surface area (Å²) in [6.07, 6.45) is 0. The lowest BCUT2D eigenvalue weighted by Gasteiger charge is -2.10. The van der Waals surface area contributed by atoms with E-state index >= 15 is 0 Å². The Hall–Kier alpha value is -1.53. The normalized spacial score (nSPS) is 10.3. The summed E-state index contributed by atoms with van der Waals surface area (Å²) in [6, 6.07) is 0.156. The van der Waals surface area contributed by atoms with Crippen LogP contribution in [0.4, 0.5) is 27.8 Å². The van der Waals surface area contributed by atoms with E-state index in [4.69, 9.17) is 0 Å². The van der Waals surface area contributed by atoms with Crippen molar-refractivity contribution in [2.45, 2.75) is 6.92 Å². The van der Waals surface area contributed by atoms with E-state index in [0.717, 1.165) is 0 Å². The highest BCUT2D eigenvalue weighted by Gasteiger charge is 2.23. The zero-order valence-corrected chi connectivity index (χ0v) is 7.53. The maximum absolute atomic E-state index is 13.0. The van der Waals surface area contributed by atoms with Gasteiger partial charge in [0.05, 0.1) is 6.61 Å². The van der Waals surface area contributed by atoms with Crippen molar-refractivity contribution in [2.75, 3.05) is 12.0 Å². The third-order valence-corrected chi connectivity index (χ3v) is 1.57. The molecule has 0 aliphatic heterocycles. The van der Waals surface area contributed by atoms with Crippen LogP contribution in [0.2, 0.25) is 0 Å². The van der Waals surface area contributed by atoms with Crippen LogP contribution in [0, 0.1) is 17.5 Å². The molecule has 0 amide bonds. The van der Waals surface area contributed by atoms with Crippen molar-refractivity contribution in [1.82, 2.24) is 0 Å². The molecule has 15 heavy (non-hydrogen) atoms. The second kappa shape index (κ2) is 4.33. The van der Waals surface area contributed by atoms with Crippen molar-refractivity contribution in [2.24, 2.45) is 0 Å². The number of benzene rings is 1. The maximum atomic E-state index is 13.0. The summed E-state index contributed by atoms with van der Waals surface area (Å²) in [7, 11) is 0. The van der Waals surface area contributed by atoms with Crippen LogP contribution in [0.3, 0.4) is 0 Å². The van der Waals surface area contributed by atoms with Crippen molar-refractivity contribution in [3.63, 3.8) is 0 Å². The van der Waals surface area contributed by atoms with Gasteiger partial charge in [0.1, 0.15) is 5.69 Å². The number of halogens is 5. The molecule has 84 valence electrons. The second-order valence-electron chi connectivity index (χ2n) is 2.50. The quantitative estimate of drug-likeness (QED) is 0.447. The largest absolute Gasteiger partial charge is 0.488 e. The lowest BCUT2D eigenvalue weighted by atomic mass is 10.2. The summed E-state index contributed by atoms with van der Waals surface area (Å²) in [4.78, 5) is 0. The first-order valence-electron chi connectivity index (χ1n) is 3.91. The Kier molecular flexibility index (Phi) is 3.33. The van der Waals surface area contributed by atoms with Crippen LogP contribution in [0.15, 0.2) is 6.07 Å². The van der Waals surface area contributed by atoms with E-state index in [1.165, 1.54) is 6.92 Å². The summed E-state index contributed by atoms with van der Waals surface area (Å²) in [5, 5.41) is -1.71. The standard InChI is InChI=1S/C8H6F5NO/c1-2-15-8-4(9)3-5(14(12)13)6(10)7(8)11/h3H,2H2,1H3. The highest BCUT2D eigenvalue weighted by atomic mass is 19.4. The van der Waals surface area contributed by atoms with Crippen LogP contribution in [0.5, 0.6) is 5.75 Å². The van der Waals surface area contributed by atoms with E-state index < -0.39 is 34.2 Å². The molecule has 0 heterocycles. The molecule has 0 radical (unpaired) electrons. The van der Waals surface area contributed by atoms with Gasteiger partial charge in [-0.15, -0.1) is 0 Å². The van der Waals surface area contributed by atoms with Gasteiger partial charge in [0, 0.05) is 6.07 Å². The third-order valence-electron chi connectivity index (χ3n) is 1.57. The highest BCUT2D eigenvalue weighted by molar-refractivity contribution is 5.48. The second-order valence-corrected chi connectivity index (χ2v) is 2.50.